The molecule has 32 heavy (non-hydrogen) atoms. The number of anilines is 1. The number of benzene rings is 2. The monoisotopic (exact) mass is 466 g/mol. The van der Waals surface area contributed by atoms with E-state index in [2.05, 4.69) is 10.3 Å². The van der Waals surface area contributed by atoms with Crippen molar-refractivity contribution in [1.82, 2.24) is 13.7 Å². The molecule has 0 saturated carbocycles. The Morgan fingerprint density at radius 3 is 2.62 bits per heavy atom. The van der Waals surface area contributed by atoms with E-state index in [4.69, 9.17) is 0 Å². The van der Waals surface area contributed by atoms with Crippen molar-refractivity contribution in [2.24, 2.45) is 0 Å². The lowest BCUT2D eigenvalue weighted by Gasteiger charge is -2.16. The third kappa shape index (κ3) is 4.06. The fourth-order valence-electron chi connectivity index (χ4n) is 3.89. The smallest absolute Gasteiger partial charge is 0.243 e. The number of nitrogens with one attached hydrogen (secondary N) is 1. The minimum Gasteiger partial charge on any atom is -0.326 e. The van der Waals surface area contributed by atoms with Crippen LogP contribution >= 0.6 is 11.3 Å². The molecule has 0 aliphatic carbocycles. The number of fused-ring (bicyclic) bond motifs is 1. The summed E-state index contributed by atoms with van der Waals surface area (Å²) in [6.07, 6.45) is 3.86. The number of carbonyl (C=O) groups excluding carboxylic acids is 1. The number of hydrogen-bond acceptors (Lipinski definition) is 5. The van der Waals surface area contributed by atoms with Crippen LogP contribution in [0.1, 0.15) is 18.5 Å². The molecule has 0 spiro atoms. The minimum atomic E-state index is -3.53. The molecule has 2 aromatic heterocycles. The molecule has 0 radical (unpaired) electrons. The summed E-state index contributed by atoms with van der Waals surface area (Å²) in [6, 6.07) is 16.4. The van der Waals surface area contributed by atoms with Crippen molar-refractivity contribution >= 4 is 37.9 Å². The maximum absolute atomic E-state index is 12.8. The van der Waals surface area contributed by atoms with Crippen LogP contribution in [0, 0.1) is 0 Å². The SMILES string of the molecule is O=C(Cc1csc2nc(-c3ccccc3)cn12)Nc1cccc(S(=O)(=O)N2CCCC2)c1. The van der Waals surface area contributed by atoms with Gasteiger partial charge in [-0.3, -0.25) is 9.20 Å². The predicted octanol–water partition coefficient (Wildman–Crippen LogP) is 4.03. The number of rotatable bonds is 6. The van der Waals surface area contributed by atoms with Crippen LogP contribution in [0.2, 0.25) is 0 Å². The van der Waals surface area contributed by atoms with Crippen LogP contribution in [0.4, 0.5) is 5.69 Å². The minimum absolute atomic E-state index is 0.160. The van der Waals surface area contributed by atoms with E-state index < -0.39 is 10.0 Å². The number of thiazole rings is 1. The first kappa shape index (κ1) is 20.9. The van der Waals surface area contributed by atoms with Gasteiger partial charge in [-0.1, -0.05) is 36.4 Å². The zero-order valence-electron chi connectivity index (χ0n) is 17.3. The average Bonchev–Trinajstić information content (AvgIpc) is 3.54. The van der Waals surface area contributed by atoms with Gasteiger partial charge < -0.3 is 5.32 Å². The highest BCUT2D eigenvalue weighted by Crippen LogP contribution is 2.25. The Morgan fingerprint density at radius 1 is 1.06 bits per heavy atom. The molecule has 0 unspecified atom stereocenters. The molecule has 1 fully saturated rings. The van der Waals surface area contributed by atoms with Gasteiger partial charge >= 0.3 is 0 Å². The summed E-state index contributed by atoms with van der Waals surface area (Å²) in [6.45, 7) is 1.09. The van der Waals surface area contributed by atoms with Gasteiger partial charge in [0.1, 0.15) is 0 Å². The zero-order chi connectivity index (χ0) is 22.1. The normalized spacial score (nSPS) is 14.8. The Labute approximate surface area is 190 Å². The van der Waals surface area contributed by atoms with Crippen molar-refractivity contribution in [3.63, 3.8) is 0 Å². The molecular formula is C23H22N4O3S2. The van der Waals surface area contributed by atoms with Crippen LogP contribution in [0.25, 0.3) is 16.2 Å². The molecule has 164 valence electrons. The Bertz CT molecular complexity index is 1370. The Kier molecular flexibility index (Phi) is 5.54. The van der Waals surface area contributed by atoms with E-state index in [9.17, 15) is 13.2 Å². The highest BCUT2D eigenvalue weighted by Gasteiger charge is 2.27. The molecule has 0 bridgehead atoms. The summed E-state index contributed by atoms with van der Waals surface area (Å²) in [5.74, 6) is -0.213. The molecule has 1 aliphatic heterocycles. The maximum Gasteiger partial charge on any atom is 0.243 e. The first-order chi connectivity index (χ1) is 15.5. The molecular weight excluding hydrogens is 444 g/mol. The van der Waals surface area contributed by atoms with E-state index in [1.165, 1.54) is 21.7 Å². The van der Waals surface area contributed by atoms with Crippen molar-refractivity contribution in [1.29, 1.82) is 0 Å². The molecule has 3 heterocycles. The van der Waals surface area contributed by atoms with Gasteiger partial charge in [-0.2, -0.15) is 4.31 Å². The lowest BCUT2D eigenvalue weighted by atomic mass is 10.2. The van der Waals surface area contributed by atoms with Crippen LogP contribution in [0.15, 0.2) is 71.1 Å². The number of carbonyl (C=O) groups is 1. The second kappa shape index (κ2) is 8.50. The Balaban J connectivity index is 1.32. The quantitative estimate of drug-likeness (QED) is 0.465. The van der Waals surface area contributed by atoms with Crippen LogP contribution < -0.4 is 5.32 Å². The van der Waals surface area contributed by atoms with E-state index in [1.54, 1.807) is 18.2 Å². The number of imidazole rings is 1. The summed E-state index contributed by atoms with van der Waals surface area (Å²) >= 11 is 1.48. The largest absolute Gasteiger partial charge is 0.326 e. The van der Waals surface area contributed by atoms with Crippen molar-refractivity contribution < 1.29 is 13.2 Å². The lowest BCUT2D eigenvalue weighted by molar-refractivity contribution is -0.115. The third-order valence-corrected chi connectivity index (χ3v) is 8.30. The van der Waals surface area contributed by atoms with Crippen molar-refractivity contribution in [3.8, 4) is 11.3 Å². The summed E-state index contributed by atoms with van der Waals surface area (Å²) in [7, 11) is -3.53. The van der Waals surface area contributed by atoms with Gasteiger partial charge in [0.2, 0.25) is 15.9 Å². The first-order valence-corrected chi connectivity index (χ1v) is 12.7. The second-order valence-electron chi connectivity index (χ2n) is 7.74. The molecule has 0 atom stereocenters. The Morgan fingerprint density at radius 2 is 1.84 bits per heavy atom. The summed E-state index contributed by atoms with van der Waals surface area (Å²) in [5.41, 5.74) is 3.18. The molecule has 4 aromatic rings. The van der Waals surface area contributed by atoms with Crippen molar-refractivity contribution in [2.45, 2.75) is 24.2 Å². The molecule has 5 rings (SSSR count). The highest BCUT2D eigenvalue weighted by molar-refractivity contribution is 7.89. The van der Waals surface area contributed by atoms with E-state index >= 15 is 0 Å². The maximum atomic E-state index is 12.8. The number of sulfonamides is 1. The first-order valence-electron chi connectivity index (χ1n) is 10.4. The van der Waals surface area contributed by atoms with E-state index in [1.807, 2.05) is 46.3 Å². The molecule has 1 aliphatic rings. The van der Waals surface area contributed by atoms with Gasteiger partial charge in [0.25, 0.3) is 0 Å². The highest BCUT2D eigenvalue weighted by atomic mass is 32.2. The summed E-state index contributed by atoms with van der Waals surface area (Å²) in [5, 5.41) is 4.76. The lowest BCUT2D eigenvalue weighted by Crippen LogP contribution is -2.28. The number of amides is 1. The second-order valence-corrected chi connectivity index (χ2v) is 10.5. The standard InChI is InChI=1S/C23H22N4O3S2/c28-22(24-18-9-6-10-20(13-18)32(29,30)26-11-4-5-12-26)14-19-16-31-23-25-21(15-27(19)23)17-7-2-1-3-8-17/h1-3,6-10,13,15-16H,4-5,11-12,14H2,(H,24,28). The topological polar surface area (TPSA) is 83.8 Å². The van der Waals surface area contributed by atoms with Crippen LogP contribution in [-0.4, -0.2) is 41.1 Å². The molecule has 2 aromatic carbocycles. The van der Waals surface area contributed by atoms with Crippen LogP contribution in [0.5, 0.6) is 0 Å². The summed E-state index contributed by atoms with van der Waals surface area (Å²) < 4.78 is 29.0. The van der Waals surface area contributed by atoms with Crippen molar-refractivity contribution in [2.75, 3.05) is 18.4 Å². The zero-order valence-corrected chi connectivity index (χ0v) is 18.9. The average molecular weight is 467 g/mol. The Hall–Kier alpha value is -3.01. The number of nitrogens with zero attached hydrogens (tertiary/aromatic N) is 3. The van der Waals surface area contributed by atoms with Gasteiger partial charge in [-0.05, 0) is 31.0 Å². The van der Waals surface area contributed by atoms with Gasteiger partial charge in [0.15, 0.2) is 4.96 Å². The fourth-order valence-corrected chi connectivity index (χ4v) is 6.32. The molecule has 1 N–H and O–H groups in total. The van der Waals surface area contributed by atoms with Crippen LogP contribution in [0.3, 0.4) is 0 Å². The van der Waals surface area contributed by atoms with E-state index in [0.29, 0.717) is 18.8 Å². The van der Waals surface area contributed by atoms with E-state index in [0.717, 1.165) is 34.8 Å². The van der Waals surface area contributed by atoms with Crippen molar-refractivity contribution in [3.05, 3.63) is 71.9 Å². The molecule has 7 nitrogen and oxygen atoms in total. The summed E-state index contributed by atoms with van der Waals surface area (Å²) in [4.78, 5) is 18.4. The van der Waals surface area contributed by atoms with Gasteiger partial charge in [-0.25, -0.2) is 13.4 Å². The van der Waals surface area contributed by atoms with Crippen LogP contribution in [-0.2, 0) is 21.2 Å². The number of aromatic nitrogens is 2. The van der Waals surface area contributed by atoms with Gasteiger partial charge in [0, 0.05) is 41.6 Å². The predicted molar refractivity (Wildman–Crippen MR) is 125 cm³/mol. The van der Waals surface area contributed by atoms with E-state index in [-0.39, 0.29) is 17.2 Å². The molecule has 1 saturated heterocycles. The molecule has 1 amide bonds. The third-order valence-electron chi connectivity index (χ3n) is 5.52. The molecule has 9 heteroatoms. The van der Waals surface area contributed by atoms with Gasteiger partial charge in [-0.15, -0.1) is 11.3 Å². The number of hydrogen-bond donors (Lipinski definition) is 1. The van der Waals surface area contributed by atoms with Gasteiger partial charge in [0.05, 0.1) is 17.0 Å². The fraction of sp³-hybridized carbons (Fsp3) is 0.217.